The minimum absolute atomic E-state index is 0.174. The van der Waals surface area contributed by atoms with Gasteiger partial charge < -0.3 is 5.73 Å². The number of nitrogens with two attached hydrogens (primary N) is 1. The van der Waals surface area contributed by atoms with Crippen molar-refractivity contribution in [2.24, 2.45) is 0 Å². The Kier molecular flexibility index (Phi) is 2.48. The fourth-order valence-corrected chi connectivity index (χ4v) is 2.03. The Balaban J connectivity index is 2.22. The lowest BCUT2D eigenvalue weighted by Gasteiger charge is -2.04. The summed E-state index contributed by atoms with van der Waals surface area (Å²) in [5.74, 6) is -0.142. The molecule has 3 aromatic rings. The normalized spacial score (nSPS) is 11.0. The molecule has 0 unspecified atom stereocenters. The maximum absolute atomic E-state index is 13.2. The number of hydrogen-bond acceptors (Lipinski definition) is 4. The van der Waals surface area contributed by atoms with Gasteiger partial charge in [0.15, 0.2) is 5.65 Å². The summed E-state index contributed by atoms with van der Waals surface area (Å²) in [5, 5.41) is 0. The van der Waals surface area contributed by atoms with Crippen LogP contribution in [0.15, 0.2) is 35.2 Å². The van der Waals surface area contributed by atoms with E-state index in [1.807, 2.05) is 0 Å². The number of rotatable bonds is 1. The third kappa shape index (κ3) is 1.72. The van der Waals surface area contributed by atoms with Gasteiger partial charge in [0.25, 0.3) is 0 Å². The zero-order valence-corrected chi connectivity index (χ0v) is 10.6. The molecule has 7 heteroatoms. The zero-order chi connectivity index (χ0) is 12.7. The largest absolute Gasteiger partial charge is 0.368 e. The highest BCUT2D eigenvalue weighted by Gasteiger charge is 2.08. The molecule has 0 fully saturated rings. The summed E-state index contributed by atoms with van der Waals surface area (Å²) in [6.07, 6.45) is 3.18. The standard InChI is InChI=1S/C11H7BrFN5/c12-7-3-6(1-2-8(7)13)18-5-16-10-9(18)4-15-11(14)17-10/h1-5H,(H2,14,15,17). The second-order valence-corrected chi connectivity index (χ2v) is 4.50. The minimum Gasteiger partial charge on any atom is -0.368 e. The molecule has 2 heterocycles. The SMILES string of the molecule is Nc1ncc2c(ncn2-c2ccc(F)c(Br)c2)n1. The first-order valence-corrected chi connectivity index (χ1v) is 5.85. The molecule has 90 valence electrons. The van der Waals surface area contributed by atoms with Gasteiger partial charge >= 0.3 is 0 Å². The van der Waals surface area contributed by atoms with Gasteiger partial charge in [0.2, 0.25) is 5.95 Å². The van der Waals surface area contributed by atoms with E-state index in [-0.39, 0.29) is 11.8 Å². The molecule has 3 rings (SSSR count). The van der Waals surface area contributed by atoms with Crippen LogP contribution in [0.2, 0.25) is 0 Å². The smallest absolute Gasteiger partial charge is 0.222 e. The molecule has 1 aromatic carbocycles. The molecule has 0 amide bonds. The second-order valence-electron chi connectivity index (χ2n) is 3.65. The summed E-state index contributed by atoms with van der Waals surface area (Å²) in [5.41, 5.74) is 7.46. The monoisotopic (exact) mass is 307 g/mol. The molecule has 2 aromatic heterocycles. The Labute approximate surface area is 110 Å². The van der Waals surface area contributed by atoms with E-state index in [0.717, 1.165) is 5.69 Å². The lowest BCUT2D eigenvalue weighted by molar-refractivity contribution is 0.620. The van der Waals surface area contributed by atoms with Crippen LogP contribution >= 0.6 is 15.9 Å². The molecule has 2 N–H and O–H groups in total. The topological polar surface area (TPSA) is 69.6 Å². The van der Waals surface area contributed by atoms with Crippen molar-refractivity contribution in [1.82, 2.24) is 19.5 Å². The van der Waals surface area contributed by atoms with E-state index in [1.165, 1.54) is 6.07 Å². The van der Waals surface area contributed by atoms with Crippen LogP contribution in [0.25, 0.3) is 16.9 Å². The highest BCUT2D eigenvalue weighted by atomic mass is 79.9. The van der Waals surface area contributed by atoms with E-state index in [1.54, 1.807) is 29.2 Å². The van der Waals surface area contributed by atoms with Crippen LogP contribution in [0.1, 0.15) is 0 Å². The summed E-state index contributed by atoms with van der Waals surface area (Å²) in [6, 6.07) is 4.69. The zero-order valence-electron chi connectivity index (χ0n) is 9.01. The van der Waals surface area contributed by atoms with Crippen molar-refractivity contribution >= 4 is 33.0 Å². The van der Waals surface area contributed by atoms with E-state index in [0.29, 0.717) is 15.6 Å². The number of hydrogen-bond donors (Lipinski definition) is 1. The number of fused-ring (bicyclic) bond motifs is 1. The van der Waals surface area contributed by atoms with Crippen LogP contribution in [0.4, 0.5) is 10.3 Å². The van der Waals surface area contributed by atoms with Crippen molar-refractivity contribution in [2.45, 2.75) is 0 Å². The first kappa shape index (κ1) is 11.1. The first-order valence-electron chi connectivity index (χ1n) is 5.06. The van der Waals surface area contributed by atoms with E-state index < -0.39 is 0 Å². The van der Waals surface area contributed by atoms with Crippen LogP contribution in [0.3, 0.4) is 0 Å². The van der Waals surface area contributed by atoms with Gasteiger partial charge in [-0.25, -0.2) is 14.4 Å². The predicted molar refractivity (Wildman–Crippen MR) is 68.7 cm³/mol. The molecule has 0 saturated carbocycles. The van der Waals surface area contributed by atoms with E-state index in [4.69, 9.17) is 5.73 Å². The summed E-state index contributed by atoms with van der Waals surface area (Å²) in [7, 11) is 0. The predicted octanol–water partition coefficient (Wildman–Crippen LogP) is 2.30. The van der Waals surface area contributed by atoms with E-state index in [9.17, 15) is 4.39 Å². The highest BCUT2D eigenvalue weighted by molar-refractivity contribution is 9.10. The molecule has 0 saturated heterocycles. The number of aromatic nitrogens is 4. The lowest BCUT2D eigenvalue weighted by Crippen LogP contribution is -1.97. The van der Waals surface area contributed by atoms with Crippen LogP contribution in [0, 0.1) is 5.82 Å². The summed E-state index contributed by atoms with van der Waals surface area (Å²) in [6.45, 7) is 0. The Morgan fingerprint density at radius 1 is 1.28 bits per heavy atom. The van der Waals surface area contributed by atoms with E-state index in [2.05, 4.69) is 30.9 Å². The van der Waals surface area contributed by atoms with Gasteiger partial charge in [0.05, 0.1) is 10.7 Å². The van der Waals surface area contributed by atoms with Crippen molar-refractivity contribution in [3.63, 3.8) is 0 Å². The number of imidazole rings is 1. The van der Waals surface area contributed by atoms with Gasteiger partial charge in [-0.2, -0.15) is 4.98 Å². The van der Waals surface area contributed by atoms with Crippen LogP contribution in [0.5, 0.6) is 0 Å². The fraction of sp³-hybridized carbons (Fsp3) is 0. The molecule has 0 aliphatic heterocycles. The van der Waals surface area contributed by atoms with Gasteiger partial charge in [0, 0.05) is 5.69 Å². The van der Waals surface area contributed by atoms with Crippen molar-refractivity contribution in [3.05, 3.63) is 41.0 Å². The summed E-state index contributed by atoms with van der Waals surface area (Å²) >= 11 is 3.15. The fourth-order valence-electron chi connectivity index (χ4n) is 1.66. The molecule has 0 atom stereocenters. The van der Waals surface area contributed by atoms with Gasteiger partial charge in [-0.05, 0) is 34.1 Å². The summed E-state index contributed by atoms with van der Waals surface area (Å²) < 4.78 is 15.3. The number of halogens is 2. The Morgan fingerprint density at radius 3 is 2.89 bits per heavy atom. The molecule has 0 aliphatic rings. The molecular weight excluding hydrogens is 301 g/mol. The van der Waals surface area contributed by atoms with Crippen molar-refractivity contribution < 1.29 is 4.39 Å². The average molecular weight is 308 g/mol. The van der Waals surface area contributed by atoms with Crippen LogP contribution in [-0.4, -0.2) is 19.5 Å². The molecule has 18 heavy (non-hydrogen) atoms. The Bertz CT molecular complexity index is 739. The van der Waals surface area contributed by atoms with Crippen molar-refractivity contribution in [3.8, 4) is 5.69 Å². The van der Waals surface area contributed by atoms with Gasteiger partial charge in [0.1, 0.15) is 17.7 Å². The number of nitrogen functional groups attached to an aromatic ring is 1. The third-order valence-electron chi connectivity index (χ3n) is 2.51. The van der Waals surface area contributed by atoms with Gasteiger partial charge in [-0.1, -0.05) is 0 Å². The van der Waals surface area contributed by atoms with Crippen LogP contribution < -0.4 is 5.73 Å². The summed E-state index contributed by atoms with van der Waals surface area (Å²) in [4.78, 5) is 12.1. The highest BCUT2D eigenvalue weighted by Crippen LogP contribution is 2.22. The lowest BCUT2D eigenvalue weighted by atomic mass is 10.3. The third-order valence-corrected chi connectivity index (χ3v) is 3.11. The van der Waals surface area contributed by atoms with Gasteiger partial charge in [-0.15, -0.1) is 0 Å². The number of benzene rings is 1. The van der Waals surface area contributed by atoms with Crippen molar-refractivity contribution in [1.29, 1.82) is 0 Å². The molecule has 0 aliphatic carbocycles. The molecule has 5 nitrogen and oxygen atoms in total. The quantitative estimate of drug-likeness (QED) is 0.749. The molecular formula is C11H7BrFN5. The molecule has 0 spiro atoms. The Morgan fingerprint density at radius 2 is 2.11 bits per heavy atom. The van der Waals surface area contributed by atoms with Crippen LogP contribution in [-0.2, 0) is 0 Å². The van der Waals surface area contributed by atoms with Crippen molar-refractivity contribution in [2.75, 3.05) is 5.73 Å². The Hall–Kier alpha value is -2.02. The minimum atomic E-state index is -0.316. The first-order chi connectivity index (χ1) is 8.65. The average Bonchev–Trinajstić information content (AvgIpc) is 2.75. The maximum atomic E-state index is 13.2. The maximum Gasteiger partial charge on any atom is 0.222 e. The number of nitrogens with zero attached hydrogens (tertiary/aromatic N) is 4. The molecule has 0 radical (unpaired) electrons. The second kappa shape index (κ2) is 4.02. The molecule has 0 bridgehead atoms. The van der Waals surface area contributed by atoms with Gasteiger partial charge in [-0.3, -0.25) is 4.57 Å². The number of anilines is 1. The van der Waals surface area contributed by atoms with E-state index >= 15 is 0 Å².